The van der Waals surface area contributed by atoms with Gasteiger partial charge in [-0.25, -0.2) is 9.52 Å². The van der Waals surface area contributed by atoms with Crippen LogP contribution in [0.15, 0.2) is 0 Å². The van der Waals surface area contributed by atoms with Gasteiger partial charge in [0.1, 0.15) is 0 Å². The monoisotopic (exact) mass is 253 g/mol. The third-order valence-corrected chi connectivity index (χ3v) is 3.85. The second-order valence-electron chi connectivity index (χ2n) is 3.41. The van der Waals surface area contributed by atoms with E-state index in [4.69, 9.17) is 0 Å². The molecule has 3 N–H and O–H groups in total. The van der Waals surface area contributed by atoms with E-state index in [1.54, 1.807) is 4.72 Å². The number of β-amino-alcohol motifs (C(OH)–C–C–N with tert-alkyl or cyclic N) is 1. The molecule has 1 rings (SSSR count). The van der Waals surface area contributed by atoms with Crippen LogP contribution < -0.4 is 10.0 Å². The average molecular weight is 253 g/mol. The Morgan fingerprint density at radius 2 is 2.19 bits per heavy atom. The van der Waals surface area contributed by atoms with Crippen LogP contribution in [0.25, 0.3) is 0 Å². The second kappa shape index (κ2) is 4.95. The van der Waals surface area contributed by atoms with Gasteiger partial charge in [-0.05, 0) is 0 Å². The van der Waals surface area contributed by atoms with Gasteiger partial charge in [0.15, 0.2) is 0 Å². The number of amides is 1. The van der Waals surface area contributed by atoms with Crippen molar-refractivity contribution in [3.63, 3.8) is 0 Å². The standard InChI is InChI=1S/C7H15N3O5S/c1-10(5-3-8-4-6(5)11)16(13,14)9-7(12)15-2/h5-6,8,11H,3-4H2,1-2H3,(H,9,12)/t5-,6-/m0/s1. The Bertz CT molecular complexity index is 357. The number of hydrogen-bond donors (Lipinski definition) is 3. The number of nitrogens with one attached hydrogen (secondary N) is 2. The molecule has 1 amide bonds. The van der Waals surface area contributed by atoms with Gasteiger partial charge in [-0.2, -0.15) is 12.7 Å². The third kappa shape index (κ3) is 2.82. The molecule has 0 aromatic rings. The van der Waals surface area contributed by atoms with E-state index < -0.39 is 28.4 Å². The smallest absolute Gasteiger partial charge is 0.421 e. The number of ether oxygens (including phenoxy) is 1. The number of rotatable bonds is 3. The first-order valence-electron chi connectivity index (χ1n) is 4.61. The molecule has 1 aliphatic rings. The molecule has 0 aromatic carbocycles. The maximum atomic E-state index is 11.6. The first kappa shape index (κ1) is 13.2. The van der Waals surface area contributed by atoms with E-state index >= 15 is 0 Å². The summed E-state index contributed by atoms with van der Waals surface area (Å²) in [5, 5.41) is 12.3. The summed E-state index contributed by atoms with van der Waals surface area (Å²) in [6.45, 7) is 0.655. The lowest BCUT2D eigenvalue weighted by molar-refractivity contribution is 0.135. The number of nitrogens with zero attached hydrogens (tertiary/aromatic N) is 1. The van der Waals surface area contributed by atoms with E-state index in [-0.39, 0.29) is 0 Å². The quantitative estimate of drug-likeness (QED) is 0.529. The molecular formula is C7H15N3O5S. The van der Waals surface area contributed by atoms with Gasteiger partial charge in [-0.15, -0.1) is 0 Å². The van der Waals surface area contributed by atoms with Crippen molar-refractivity contribution < 1.29 is 23.1 Å². The minimum atomic E-state index is -3.98. The van der Waals surface area contributed by atoms with Crippen LogP contribution in [0, 0.1) is 0 Å². The number of likely N-dealkylation sites (N-methyl/N-ethyl adjacent to an activating group) is 1. The number of carbonyl (C=O) groups excluding carboxylic acids is 1. The molecule has 1 fully saturated rings. The highest BCUT2D eigenvalue weighted by Gasteiger charge is 2.35. The van der Waals surface area contributed by atoms with E-state index in [0.29, 0.717) is 13.1 Å². The molecule has 8 nitrogen and oxygen atoms in total. The lowest BCUT2D eigenvalue weighted by Gasteiger charge is -2.25. The maximum absolute atomic E-state index is 11.6. The Morgan fingerprint density at radius 3 is 2.62 bits per heavy atom. The highest BCUT2D eigenvalue weighted by Crippen LogP contribution is 2.10. The van der Waals surface area contributed by atoms with Crippen molar-refractivity contribution in [3.05, 3.63) is 0 Å². The normalized spacial score (nSPS) is 25.8. The van der Waals surface area contributed by atoms with Crippen molar-refractivity contribution in [3.8, 4) is 0 Å². The van der Waals surface area contributed by atoms with Crippen LogP contribution in [-0.4, -0.2) is 63.3 Å². The van der Waals surface area contributed by atoms with Crippen molar-refractivity contribution in [1.82, 2.24) is 14.3 Å². The minimum Gasteiger partial charge on any atom is -0.452 e. The average Bonchev–Trinajstić information content (AvgIpc) is 2.62. The number of aliphatic hydroxyl groups is 1. The Morgan fingerprint density at radius 1 is 1.56 bits per heavy atom. The Hall–Kier alpha value is -0.900. The summed E-state index contributed by atoms with van der Waals surface area (Å²) in [6.07, 6.45) is -1.86. The van der Waals surface area contributed by atoms with Crippen molar-refractivity contribution in [2.45, 2.75) is 12.1 Å². The maximum Gasteiger partial charge on any atom is 0.421 e. The summed E-state index contributed by atoms with van der Waals surface area (Å²) in [4.78, 5) is 10.8. The van der Waals surface area contributed by atoms with Crippen molar-refractivity contribution in [2.24, 2.45) is 0 Å². The molecule has 1 heterocycles. The summed E-state index contributed by atoms with van der Waals surface area (Å²) in [5.41, 5.74) is 0. The molecule has 0 unspecified atom stereocenters. The molecule has 1 saturated heterocycles. The van der Waals surface area contributed by atoms with E-state index in [9.17, 15) is 18.3 Å². The summed E-state index contributed by atoms with van der Waals surface area (Å²) in [5.74, 6) is 0. The molecule has 0 aromatic heterocycles. The molecule has 0 aliphatic carbocycles. The van der Waals surface area contributed by atoms with Crippen molar-refractivity contribution in [1.29, 1.82) is 0 Å². The summed E-state index contributed by atoms with van der Waals surface area (Å²) >= 11 is 0. The summed E-state index contributed by atoms with van der Waals surface area (Å²) in [7, 11) is -1.63. The van der Waals surface area contributed by atoms with Gasteiger partial charge >= 0.3 is 16.3 Å². The molecule has 94 valence electrons. The lowest BCUT2D eigenvalue weighted by atomic mass is 10.2. The molecule has 0 radical (unpaired) electrons. The van der Waals surface area contributed by atoms with Crippen LogP contribution in [-0.2, 0) is 14.9 Å². The van der Waals surface area contributed by atoms with Crippen LogP contribution in [0.5, 0.6) is 0 Å². The van der Waals surface area contributed by atoms with Gasteiger partial charge in [-0.1, -0.05) is 0 Å². The van der Waals surface area contributed by atoms with Crippen LogP contribution >= 0.6 is 0 Å². The molecule has 2 atom stereocenters. The fourth-order valence-corrected chi connectivity index (χ4v) is 2.43. The van der Waals surface area contributed by atoms with Crippen LogP contribution in [0.1, 0.15) is 0 Å². The van der Waals surface area contributed by atoms with Gasteiger partial charge in [0, 0.05) is 20.1 Å². The van der Waals surface area contributed by atoms with Gasteiger partial charge in [0.2, 0.25) is 0 Å². The van der Waals surface area contributed by atoms with Gasteiger partial charge in [-0.3, -0.25) is 0 Å². The topological polar surface area (TPSA) is 108 Å². The van der Waals surface area contributed by atoms with E-state index in [1.807, 2.05) is 0 Å². The molecule has 16 heavy (non-hydrogen) atoms. The molecule has 1 aliphatic heterocycles. The second-order valence-corrected chi connectivity index (χ2v) is 5.14. The predicted molar refractivity (Wildman–Crippen MR) is 54.9 cm³/mol. The number of hydrogen-bond acceptors (Lipinski definition) is 6. The van der Waals surface area contributed by atoms with E-state index in [0.717, 1.165) is 11.4 Å². The first-order valence-corrected chi connectivity index (χ1v) is 6.05. The number of aliphatic hydroxyl groups excluding tert-OH is 1. The largest absolute Gasteiger partial charge is 0.452 e. The highest BCUT2D eigenvalue weighted by molar-refractivity contribution is 7.87. The molecule has 0 spiro atoms. The summed E-state index contributed by atoms with van der Waals surface area (Å²) < 4.78 is 30.0. The molecule has 9 heteroatoms. The van der Waals surface area contributed by atoms with Crippen LogP contribution in [0.3, 0.4) is 0 Å². The Labute approximate surface area is 93.7 Å². The Balaban J connectivity index is 2.71. The van der Waals surface area contributed by atoms with Crippen LogP contribution in [0.4, 0.5) is 4.79 Å². The predicted octanol–water partition coefficient (Wildman–Crippen LogP) is -2.15. The zero-order chi connectivity index (χ0) is 12.3. The SMILES string of the molecule is COC(=O)NS(=O)(=O)N(C)[C@H]1CNC[C@@H]1O. The van der Waals surface area contributed by atoms with Gasteiger partial charge < -0.3 is 15.2 Å². The van der Waals surface area contributed by atoms with Gasteiger partial charge in [0.05, 0.1) is 19.3 Å². The fraction of sp³-hybridized carbons (Fsp3) is 0.857. The van der Waals surface area contributed by atoms with Crippen LogP contribution in [0.2, 0.25) is 0 Å². The third-order valence-electron chi connectivity index (χ3n) is 2.39. The Kier molecular flexibility index (Phi) is 4.08. The highest BCUT2D eigenvalue weighted by atomic mass is 32.2. The van der Waals surface area contributed by atoms with E-state index in [1.165, 1.54) is 7.05 Å². The summed E-state index contributed by atoms with van der Waals surface area (Å²) in [6, 6.07) is -0.595. The molecule has 0 saturated carbocycles. The van der Waals surface area contributed by atoms with E-state index in [2.05, 4.69) is 10.1 Å². The molecular weight excluding hydrogens is 238 g/mol. The first-order chi connectivity index (χ1) is 7.38. The minimum absolute atomic E-state index is 0.322. The fourth-order valence-electron chi connectivity index (χ4n) is 1.42. The molecule has 0 bridgehead atoms. The number of methoxy groups -OCH3 is 1. The zero-order valence-electron chi connectivity index (χ0n) is 9.00. The number of carbonyl (C=O) groups is 1. The van der Waals surface area contributed by atoms with Crippen molar-refractivity contribution >= 4 is 16.3 Å². The zero-order valence-corrected chi connectivity index (χ0v) is 9.82. The van der Waals surface area contributed by atoms with Crippen molar-refractivity contribution in [2.75, 3.05) is 27.2 Å². The lowest BCUT2D eigenvalue weighted by Crippen LogP contribution is -2.50. The van der Waals surface area contributed by atoms with Gasteiger partial charge in [0.25, 0.3) is 0 Å².